The van der Waals surface area contributed by atoms with Gasteiger partial charge in [-0.05, 0) is 55.5 Å². The van der Waals surface area contributed by atoms with E-state index in [0.29, 0.717) is 5.56 Å². The van der Waals surface area contributed by atoms with Crippen molar-refractivity contribution in [3.63, 3.8) is 0 Å². The molecule has 1 saturated heterocycles. The van der Waals surface area contributed by atoms with Crippen LogP contribution in [0, 0.1) is 11.8 Å². The van der Waals surface area contributed by atoms with Gasteiger partial charge in [-0.25, -0.2) is 0 Å². The smallest absolute Gasteiger partial charge is 0.251 e. The topological polar surface area (TPSA) is 41.6 Å². The second-order valence-corrected chi connectivity index (χ2v) is 6.54. The van der Waals surface area contributed by atoms with Gasteiger partial charge in [-0.15, -0.1) is 0 Å². The van der Waals surface area contributed by atoms with Crippen LogP contribution in [0.3, 0.4) is 0 Å². The number of hydrogen-bond donors (Lipinski definition) is 1. The quantitative estimate of drug-likeness (QED) is 0.822. The summed E-state index contributed by atoms with van der Waals surface area (Å²) in [6.45, 7) is 8.83. The van der Waals surface area contributed by atoms with E-state index >= 15 is 0 Å². The molecule has 2 atom stereocenters. The van der Waals surface area contributed by atoms with Crippen molar-refractivity contribution < 1.29 is 9.53 Å². The predicted molar refractivity (Wildman–Crippen MR) is 89.3 cm³/mol. The number of hydrogen-bond acceptors (Lipinski definition) is 3. The van der Waals surface area contributed by atoms with E-state index in [9.17, 15) is 4.79 Å². The third-order valence-corrected chi connectivity index (χ3v) is 4.23. The van der Waals surface area contributed by atoms with E-state index in [4.69, 9.17) is 4.74 Å². The van der Waals surface area contributed by atoms with Crippen LogP contribution < -0.4 is 10.1 Å². The van der Waals surface area contributed by atoms with Gasteiger partial charge in [0.15, 0.2) is 0 Å². The third kappa shape index (κ3) is 5.02. The highest BCUT2D eigenvalue weighted by atomic mass is 16.5. The minimum atomic E-state index is -0.0111. The van der Waals surface area contributed by atoms with E-state index in [2.05, 4.69) is 24.1 Å². The molecule has 1 aliphatic heterocycles. The van der Waals surface area contributed by atoms with Gasteiger partial charge in [-0.1, -0.05) is 13.8 Å². The van der Waals surface area contributed by atoms with Crippen LogP contribution in [-0.2, 0) is 0 Å². The highest BCUT2D eigenvalue weighted by Crippen LogP contribution is 2.20. The van der Waals surface area contributed by atoms with Gasteiger partial charge >= 0.3 is 0 Å². The van der Waals surface area contributed by atoms with Crippen molar-refractivity contribution in [1.29, 1.82) is 0 Å². The van der Waals surface area contributed by atoms with Crippen LogP contribution in [-0.4, -0.2) is 44.1 Å². The summed E-state index contributed by atoms with van der Waals surface area (Å²) >= 11 is 0. The van der Waals surface area contributed by atoms with E-state index in [0.717, 1.165) is 37.1 Å². The molecule has 0 spiro atoms. The zero-order valence-electron chi connectivity index (χ0n) is 14.0. The lowest BCUT2D eigenvalue weighted by Crippen LogP contribution is -2.40. The first-order valence-electron chi connectivity index (χ1n) is 8.23. The average molecular weight is 304 g/mol. The maximum atomic E-state index is 12.0. The molecule has 4 heteroatoms. The van der Waals surface area contributed by atoms with Gasteiger partial charge in [0.25, 0.3) is 5.91 Å². The second-order valence-electron chi connectivity index (χ2n) is 6.54. The van der Waals surface area contributed by atoms with Gasteiger partial charge in [0.1, 0.15) is 5.75 Å². The van der Waals surface area contributed by atoms with E-state index in [1.807, 2.05) is 12.1 Å². The average Bonchev–Trinajstić information content (AvgIpc) is 2.50. The summed E-state index contributed by atoms with van der Waals surface area (Å²) in [5.74, 6) is 2.34. The fourth-order valence-electron chi connectivity index (χ4n) is 3.32. The Morgan fingerprint density at radius 2 is 1.86 bits per heavy atom. The number of carbonyl (C=O) groups is 1. The number of nitrogens with one attached hydrogen (secondary N) is 1. The Morgan fingerprint density at radius 3 is 2.45 bits per heavy atom. The molecular formula is C18H28N2O2. The molecule has 1 aromatic rings. The molecule has 1 fully saturated rings. The molecule has 0 saturated carbocycles. The fraction of sp³-hybridized carbons (Fsp3) is 0.611. The Morgan fingerprint density at radius 1 is 1.23 bits per heavy atom. The lowest BCUT2D eigenvalue weighted by Gasteiger charge is -2.34. The summed E-state index contributed by atoms with van der Waals surface area (Å²) < 4.78 is 5.09. The number of amides is 1. The number of rotatable bonds is 6. The van der Waals surface area contributed by atoms with Crippen LogP contribution in [0.1, 0.15) is 37.0 Å². The first kappa shape index (κ1) is 16.8. The Bertz CT molecular complexity index is 462. The van der Waals surface area contributed by atoms with Crippen molar-refractivity contribution in [1.82, 2.24) is 10.2 Å². The van der Waals surface area contributed by atoms with Crippen LogP contribution in [0.4, 0.5) is 0 Å². The third-order valence-electron chi connectivity index (χ3n) is 4.23. The van der Waals surface area contributed by atoms with Gasteiger partial charge in [-0.2, -0.15) is 0 Å². The number of methoxy groups -OCH3 is 1. The number of ether oxygens (including phenoxy) is 1. The van der Waals surface area contributed by atoms with Gasteiger partial charge in [-0.3, -0.25) is 4.79 Å². The SMILES string of the molecule is COc1ccc(C(=O)NCCCN2C[C@H](C)C[C@H](C)C2)cc1. The molecule has 1 aromatic carbocycles. The molecule has 0 aromatic heterocycles. The zero-order valence-corrected chi connectivity index (χ0v) is 14.0. The molecule has 22 heavy (non-hydrogen) atoms. The van der Waals surface area contributed by atoms with Crippen molar-refractivity contribution in [2.24, 2.45) is 11.8 Å². The van der Waals surface area contributed by atoms with Crippen molar-refractivity contribution >= 4 is 5.91 Å². The fourth-order valence-corrected chi connectivity index (χ4v) is 3.32. The molecule has 0 unspecified atom stereocenters. The Balaban J connectivity index is 1.68. The van der Waals surface area contributed by atoms with Crippen molar-refractivity contribution in [3.05, 3.63) is 29.8 Å². The molecule has 1 amide bonds. The van der Waals surface area contributed by atoms with E-state index in [1.54, 1.807) is 19.2 Å². The molecule has 1 aliphatic rings. The summed E-state index contributed by atoms with van der Waals surface area (Å²) in [4.78, 5) is 14.6. The molecular weight excluding hydrogens is 276 g/mol. The van der Waals surface area contributed by atoms with Crippen LogP contribution in [0.5, 0.6) is 5.75 Å². The summed E-state index contributed by atoms with van der Waals surface area (Å²) in [6, 6.07) is 7.21. The summed E-state index contributed by atoms with van der Waals surface area (Å²) in [5, 5.41) is 2.99. The van der Waals surface area contributed by atoms with Crippen LogP contribution in [0.2, 0.25) is 0 Å². The van der Waals surface area contributed by atoms with Gasteiger partial charge in [0.2, 0.25) is 0 Å². The predicted octanol–water partition coefficient (Wildman–Crippen LogP) is 2.79. The molecule has 1 heterocycles. The maximum Gasteiger partial charge on any atom is 0.251 e. The molecule has 0 aliphatic carbocycles. The van der Waals surface area contributed by atoms with E-state index in [-0.39, 0.29) is 5.91 Å². The zero-order chi connectivity index (χ0) is 15.9. The first-order valence-corrected chi connectivity index (χ1v) is 8.23. The summed E-state index contributed by atoms with van der Waals surface area (Å²) in [7, 11) is 1.62. The minimum Gasteiger partial charge on any atom is -0.497 e. The van der Waals surface area contributed by atoms with E-state index in [1.165, 1.54) is 19.5 Å². The molecule has 0 radical (unpaired) electrons. The summed E-state index contributed by atoms with van der Waals surface area (Å²) in [5.41, 5.74) is 0.681. The minimum absolute atomic E-state index is 0.0111. The molecule has 122 valence electrons. The number of carbonyl (C=O) groups excluding carboxylic acids is 1. The van der Waals surface area contributed by atoms with Crippen LogP contribution in [0.15, 0.2) is 24.3 Å². The maximum absolute atomic E-state index is 12.0. The number of likely N-dealkylation sites (tertiary alicyclic amines) is 1. The number of benzene rings is 1. The first-order chi connectivity index (χ1) is 10.6. The molecule has 2 rings (SSSR count). The number of nitrogens with zero attached hydrogens (tertiary/aromatic N) is 1. The normalized spacial score (nSPS) is 22.3. The Labute approximate surface area is 133 Å². The van der Waals surface area contributed by atoms with Crippen LogP contribution in [0.25, 0.3) is 0 Å². The van der Waals surface area contributed by atoms with Gasteiger partial charge < -0.3 is 15.0 Å². The van der Waals surface area contributed by atoms with Gasteiger partial charge in [0.05, 0.1) is 7.11 Å². The molecule has 4 nitrogen and oxygen atoms in total. The largest absolute Gasteiger partial charge is 0.497 e. The second kappa shape index (κ2) is 8.18. The van der Waals surface area contributed by atoms with E-state index < -0.39 is 0 Å². The highest BCUT2D eigenvalue weighted by molar-refractivity contribution is 5.94. The van der Waals surface area contributed by atoms with Crippen molar-refractivity contribution in [3.8, 4) is 5.75 Å². The lowest BCUT2D eigenvalue weighted by molar-refractivity contribution is 0.0947. The van der Waals surface area contributed by atoms with Crippen LogP contribution >= 0.6 is 0 Å². The summed E-state index contributed by atoms with van der Waals surface area (Å²) in [6.07, 6.45) is 2.34. The Kier molecular flexibility index (Phi) is 6.25. The molecule has 0 bridgehead atoms. The monoisotopic (exact) mass is 304 g/mol. The van der Waals surface area contributed by atoms with Crippen molar-refractivity contribution in [2.75, 3.05) is 33.3 Å². The highest BCUT2D eigenvalue weighted by Gasteiger charge is 2.21. The van der Waals surface area contributed by atoms with Gasteiger partial charge in [0, 0.05) is 25.2 Å². The Hall–Kier alpha value is -1.55. The standard InChI is InChI=1S/C18H28N2O2/c1-14-11-15(2)13-20(12-14)10-4-9-19-18(21)16-5-7-17(22-3)8-6-16/h5-8,14-15H,4,9-13H2,1-3H3,(H,19,21)/t14-,15+. The van der Waals surface area contributed by atoms with Crippen molar-refractivity contribution in [2.45, 2.75) is 26.7 Å². The lowest BCUT2D eigenvalue weighted by atomic mass is 9.92. The number of piperidine rings is 1. The molecule has 1 N–H and O–H groups in total.